The van der Waals surface area contributed by atoms with E-state index in [9.17, 15) is 0 Å². The predicted octanol–water partition coefficient (Wildman–Crippen LogP) is 2.62. The Balaban J connectivity index is 1.73. The van der Waals surface area contributed by atoms with E-state index in [2.05, 4.69) is 42.6 Å². The fraction of sp³-hybridized carbons (Fsp3) is 0.538. The van der Waals surface area contributed by atoms with E-state index in [1.165, 1.54) is 31.4 Å². The molecule has 1 aromatic carbocycles. The van der Waals surface area contributed by atoms with Crippen molar-refractivity contribution in [2.24, 2.45) is 5.92 Å². The van der Waals surface area contributed by atoms with E-state index in [1.807, 2.05) is 0 Å². The molecular weight excluding hydrogens is 170 g/mol. The van der Waals surface area contributed by atoms with E-state index in [0.29, 0.717) is 0 Å². The van der Waals surface area contributed by atoms with E-state index in [-0.39, 0.29) is 0 Å². The van der Waals surface area contributed by atoms with Crippen LogP contribution in [0.2, 0.25) is 0 Å². The smallest absolute Gasteiger partial charge is 0.00683 e. The number of nitrogens with one attached hydrogen (secondary N) is 1. The lowest BCUT2D eigenvalue weighted by atomic mass is 10.0. The van der Waals surface area contributed by atoms with Gasteiger partial charge in [0.25, 0.3) is 0 Å². The molecule has 1 N–H and O–H groups in total. The minimum absolute atomic E-state index is 0.748. The van der Waals surface area contributed by atoms with Gasteiger partial charge in [0.15, 0.2) is 0 Å². The molecule has 0 spiro atoms. The van der Waals surface area contributed by atoms with Gasteiger partial charge in [-0.25, -0.2) is 0 Å². The first-order chi connectivity index (χ1) is 6.84. The normalized spacial score (nSPS) is 18.1. The van der Waals surface area contributed by atoms with Crippen molar-refractivity contribution in [2.75, 3.05) is 6.54 Å². The zero-order valence-corrected chi connectivity index (χ0v) is 8.87. The molecule has 76 valence electrons. The highest BCUT2D eigenvalue weighted by atomic mass is 14.9. The third kappa shape index (κ3) is 3.15. The molecule has 0 amide bonds. The van der Waals surface area contributed by atoms with Gasteiger partial charge in [-0.2, -0.15) is 0 Å². The first kappa shape index (κ1) is 9.72. The van der Waals surface area contributed by atoms with Gasteiger partial charge < -0.3 is 5.32 Å². The molecule has 1 fully saturated rings. The Hall–Kier alpha value is -0.820. The maximum atomic E-state index is 3.58. The maximum Gasteiger partial charge on any atom is 0.00683 e. The summed E-state index contributed by atoms with van der Waals surface area (Å²) in [7, 11) is 0. The molecule has 1 atom stereocenters. The largest absolute Gasteiger partial charge is 0.314 e. The molecule has 0 aliphatic heterocycles. The fourth-order valence-electron chi connectivity index (χ4n) is 1.74. The minimum atomic E-state index is 0.748. The van der Waals surface area contributed by atoms with Gasteiger partial charge in [-0.1, -0.05) is 37.3 Å². The second-order valence-electron chi connectivity index (χ2n) is 4.48. The van der Waals surface area contributed by atoms with Crippen LogP contribution >= 0.6 is 0 Å². The third-order valence-corrected chi connectivity index (χ3v) is 2.76. The van der Waals surface area contributed by atoms with Gasteiger partial charge in [0, 0.05) is 6.04 Å². The van der Waals surface area contributed by atoms with Crippen LogP contribution in [0.5, 0.6) is 0 Å². The number of rotatable bonds is 5. The van der Waals surface area contributed by atoms with E-state index >= 15 is 0 Å². The lowest BCUT2D eigenvalue weighted by molar-refractivity contribution is 0.509. The summed E-state index contributed by atoms with van der Waals surface area (Å²) >= 11 is 0. The molecule has 1 unspecified atom stereocenters. The molecule has 2 rings (SSSR count). The van der Waals surface area contributed by atoms with Crippen LogP contribution in [0, 0.1) is 5.92 Å². The minimum Gasteiger partial charge on any atom is -0.314 e. The maximum absolute atomic E-state index is 3.58. The molecule has 1 nitrogen and oxygen atoms in total. The van der Waals surface area contributed by atoms with Crippen LogP contribution in [0.25, 0.3) is 0 Å². The number of benzene rings is 1. The highest BCUT2D eigenvalue weighted by Crippen LogP contribution is 2.19. The standard InChI is InChI=1S/C13H19N/c1-11(10-14-13-7-8-13)9-12-5-3-2-4-6-12/h2-6,11,13-14H,7-10H2,1H3. The molecule has 0 bridgehead atoms. The monoisotopic (exact) mass is 189 g/mol. The Morgan fingerprint density at radius 1 is 1.29 bits per heavy atom. The molecule has 0 radical (unpaired) electrons. The quantitative estimate of drug-likeness (QED) is 0.750. The van der Waals surface area contributed by atoms with Crippen LogP contribution in [0.3, 0.4) is 0 Å². The Labute approximate surface area is 86.5 Å². The van der Waals surface area contributed by atoms with Gasteiger partial charge in [0.05, 0.1) is 0 Å². The van der Waals surface area contributed by atoms with Crippen LogP contribution in [-0.4, -0.2) is 12.6 Å². The number of hydrogen-bond donors (Lipinski definition) is 1. The molecule has 0 heterocycles. The summed E-state index contributed by atoms with van der Waals surface area (Å²) < 4.78 is 0. The van der Waals surface area contributed by atoms with Crippen molar-refractivity contribution in [2.45, 2.75) is 32.2 Å². The van der Waals surface area contributed by atoms with Crippen LogP contribution in [0.15, 0.2) is 30.3 Å². The van der Waals surface area contributed by atoms with Gasteiger partial charge in [-0.15, -0.1) is 0 Å². The lowest BCUT2D eigenvalue weighted by Gasteiger charge is -2.11. The van der Waals surface area contributed by atoms with E-state index < -0.39 is 0 Å². The van der Waals surface area contributed by atoms with Gasteiger partial charge >= 0.3 is 0 Å². The average Bonchev–Trinajstić information content (AvgIpc) is 3.00. The molecule has 1 aromatic rings. The summed E-state index contributed by atoms with van der Waals surface area (Å²) in [6.45, 7) is 3.49. The first-order valence-corrected chi connectivity index (χ1v) is 5.62. The lowest BCUT2D eigenvalue weighted by Crippen LogP contribution is -2.24. The van der Waals surface area contributed by atoms with E-state index in [1.54, 1.807) is 0 Å². The van der Waals surface area contributed by atoms with Crippen LogP contribution < -0.4 is 5.32 Å². The van der Waals surface area contributed by atoms with E-state index in [4.69, 9.17) is 0 Å². The summed E-state index contributed by atoms with van der Waals surface area (Å²) in [6, 6.07) is 11.6. The summed E-state index contributed by atoms with van der Waals surface area (Å²) in [6.07, 6.45) is 3.97. The number of hydrogen-bond acceptors (Lipinski definition) is 1. The summed E-state index contributed by atoms with van der Waals surface area (Å²) in [4.78, 5) is 0. The van der Waals surface area contributed by atoms with Crippen LogP contribution in [0.4, 0.5) is 0 Å². The summed E-state index contributed by atoms with van der Waals surface area (Å²) in [5.41, 5.74) is 1.46. The molecule has 0 aromatic heterocycles. The second-order valence-corrected chi connectivity index (χ2v) is 4.48. The summed E-state index contributed by atoms with van der Waals surface area (Å²) in [5.74, 6) is 0.748. The van der Waals surface area contributed by atoms with Gasteiger partial charge in [0.2, 0.25) is 0 Å². The fourth-order valence-corrected chi connectivity index (χ4v) is 1.74. The first-order valence-electron chi connectivity index (χ1n) is 5.62. The van der Waals surface area contributed by atoms with Crippen molar-refractivity contribution in [1.82, 2.24) is 5.32 Å². The van der Waals surface area contributed by atoms with Gasteiger partial charge in [-0.3, -0.25) is 0 Å². The van der Waals surface area contributed by atoms with Crippen molar-refractivity contribution < 1.29 is 0 Å². The molecule has 1 saturated carbocycles. The highest BCUT2D eigenvalue weighted by Gasteiger charge is 2.20. The zero-order chi connectivity index (χ0) is 9.80. The molecule has 1 aliphatic carbocycles. The van der Waals surface area contributed by atoms with Gasteiger partial charge in [0.1, 0.15) is 0 Å². The van der Waals surface area contributed by atoms with Crippen molar-refractivity contribution in [3.8, 4) is 0 Å². The average molecular weight is 189 g/mol. The Kier molecular flexibility index (Phi) is 3.20. The summed E-state index contributed by atoms with van der Waals surface area (Å²) in [5, 5.41) is 3.58. The molecule has 1 aliphatic rings. The SMILES string of the molecule is CC(CNC1CC1)Cc1ccccc1. The van der Waals surface area contributed by atoms with Crippen LogP contribution in [-0.2, 0) is 6.42 Å². The zero-order valence-electron chi connectivity index (χ0n) is 8.87. The molecule has 0 saturated heterocycles. The Bertz CT molecular complexity index is 264. The highest BCUT2D eigenvalue weighted by molar-refractivity contribution is 5.15. The van der Waals surface area contributed by atoms with Crippen molar-refractivity contribution in [1.29, 1.82) is 0 Å². The third-order valence-electron chi connectivity index (χ3n) is 2.76. The topological polar surface area (TPSA) is 12.0 Å². The second kappa shape index (κ2) is 4.61. The van der Waals surface area contributed by atoms with Gasteiger partial charge in [-0.05, 0) is 37.3 Å². The van der Waals surface area contributed by atoms with Crippen molar-refractivity contribution >= 4 is 0 Å². The Morgan fingerprint density at radius 3 is 2.64 bits per heavy atom. The van der Waals surface area contributed by atoms with Crippen molar-refractivity contribution in [3.63, 3.8) is 0 Å². The molecule has 1 heteroatoms. The van der Waals surface area contributed by atoms with Crippen LogP contribution in [0.1, 0.15) is 25.3 Å². The Morgan fingerprint density at radius 2 is 2.00 bits per heavy atom. The van der Waals surface area contributed by atoms with E-state index in [0.717, 1.165) is 12.0 Å². The molecular formula is C13H19N. The predicted molar refractivity (Wildman–Crippen MR) is 60.3 cm³/mol. The van der Waals surface area contributed by atoms with Crippen molar-refractivity contribution in [3.05, 3.63) is 35.9 Å². The molecule has 14 heavy (non-hydrogen) atoms.